The molecule has 2 rings (SSSR count). The maximum atomic E-state index is 11.1. The minimum Gasteiger partial charge on any atom is -0.480 e. The highest BCUT2D eigenvalue weighted by atomic mass is 127. The summed E-state index contributed by atoms with van der Waals surface area (Å²) in [6.45, 7) is -0.211. The molecule has 0 bridgehead atoms. The lowest BCUT2D eigenvalue weighted by Crippen LogP contribution is -2.34. The molecular formula is C11H8Cl2IN3O2. The molecular weight excluding hydrogens is 404 g/mol. The Morgan fingerprint density at radius 2 is 2.21 bits per heavy atom. The van der Waals surface area contributed by atoms with Crippen LogP contribution < -0.4 is 16.0 Å². The fraction of sp³-hybridized carbons (Fsp3) is 0.0909. The van der Waals surface area contributed by atoms with Gasteiger partial charge in [0.05, 0.1) is 8.59 Å². The second kappa shape index (κ2) is 6.08. The highest BCUT2D eigenvalue weighted by molar-refractivity contribution is 14.1. The number of carbonyl (C=O) groups excluding carboxylic acids is 1. The molecule has 1 amide bonds. The lowest BCUT2D eigenvalue weighted by Gasteiger charge is -2.11. The number of hydrazine groups is 1. The van der Waals surface area contributed by atoms with Crippen molar-refractivity contribution in [2.24, 2.45) is 5.84 Å². The van der Waals surface area contributed by atoms with Crippen LogP contribution in [0.25, 0.3) is 10.9 Å². The quantitative estimate of drug-likeness (QED) is 0.267. The third-order valence-corrected chi connectivity index (χ3v) is 3.64. The number of ether oxygens (including phenoxy) is 1. The van der Waals surface area contributed by atoms with E-state index >= 15 is 0 Å². The van der Waals surface area contributed by atoms with Gasteiger partial charge in [0.25, 0.3) is 5.91 Å². The number of pyridine rings is 1. The Morgan fingerprint density at radius 1 is 1.47 bits per heavy atom. The monoisotopic (exact) mass is 411 g/mol. The molecule has 5 nitrogen and oxygen atoms in total. The van der Waals surface area contributed by atoms with Gasteiger partial charge in [-0.15, -0.1) is 0 Å². The Balaban J connectivity index is 2.52. The molecule has 0 saturated carbocycles. The average molecular weight is 412 g/mol. The number of halogens is 3. The number of fused-ring (bicyclic) bond motifs is 1. The molecule has 0 aliphatic heterocycles. The second-order valence-corrected chi connectivity index (χ2v) is 5.51. The van der Waals surface area contributed by atoms with Gasteiger partial charge in [0, 0.05) is 5.39 Å². The predicted octanol–water partition coefficient (Wildman–Crippen LogP) is 2.51. The van der Waals surface area contributed by atoms with Gasteiger partial charge in [0.1, 0.15) is 10.7 Å². The Hall–Kier alpha value is -0.830. The van der Waals surface area contributed by atoms with Gasteiger partial charge in [0.2, 0.25) is 0 Å². The van der Waals surface area contributed by atoms with Crippen LogP contribution >= 0.6 is 45.8 Å². The molecule has 0 fully saturated rings. The minimum absolute atomic E-state index is 0.211. The van der Waals surface area contributed by atoms with E-state index in [1.54, 1.807) is 18.2 Å². The fourth-order valence-corrected chi connectivity index (χ4v) is 2.80. The summed E-state index contributed by atoms with van der Waals surface area (Å²) in [5, 5.41) is 1.56. The highest BCUT2D eigenvalue weighted by Gasteiger charge is 2.14. The van der Waals surface area contributed by atoms with Crippen LogP contribution in [0.1, 0.15) is 0 Å². The molecule has 1 heterocycles. The predicted molar refractivity (Wildman–Crippen MR) is 82.3 cm³/mol. The third kappa shape index (κ3) is 3.19. The van der Waals surface area contributed by atoms with Gasteiger partial charge in [-0.1, -0.05) is 23.2 Å². The Morgan fingerprint density at radius 3 is 2.89 bits per heavy atom. The molecule has 0 radical (unpaired) electrons. The number of nitrogens with two attached hydrogens (primary N) is 1. The number of amides is 1. The maximum absolute atomic E-state index is 11.1. The van der Waals surface area contributed by atoms with Crippen LogP contribution in [-0.4, -0.2) is 17.5 Å². The van der Waals surface area contributed by atoms with E-state index in [-0.39, 0.29) is 6.61 Å². The van der Waals surface area contributed by atoms with Crippen molar-refractivity contribution >= 4 is 62.6 Å². The summed E-state index contributed by atoms with van der Waals surface area (Å²) in [6.07, 6.45) is 0. The first-order chi connectivity index (χ1) is 9.02. The Labute approximate surface area is 132 Å². The van der Waals surface area contributed by atoms with Gasteiger partial charge in [-0.2, -0.15) is 0 Å². The standard InChI is InChI=1S/C11H8Cl2IN3O2/c12-6-3-7(14)11(19-4-9(18)17-15)10-5(6)1-2-8(13)16-10/h1-3H,4,15H2,(H,17,18). The molecule has 0 aliphatic carbocycles. The van der Waals surface area contributed by atoms with Crippen molar-refractivity contribution in [2.45, 2.75) is 0 Å². The third-order valence-electron chi connectivity index (χ3n) is 2.31. The number of rotatable bonds is 3. The van der Waals surface area contributed by atoms with E-state index in [1.165, 1.54) is 0 Å². The number of nitrogens with zero attached hydrogens (tertiary/aromatic N) is 1. The molecule has 1 aromatic heterocycles. The molecule has 0 unspecified atom stereocenters. The van der Waals surface area contributed by atoms with Crippen molar-refractivity contribution in [1.82, 2.24) is 10.4 Å². The van der Waals surface area contributed by atoms with Crippen LogP contribution in [0, 0.1) is 3.57 Å². The summed E-state index contributed by atoms with van der Waals surface area (Å²) in [7, 11) is 0. The summed E-state index contributed by atoms with van der Waals surface area (Å²) in [5.41, 5.74) is 2.50. The molecule has 0 atom stereocenters. The first kappa shape index (κ1) is 14.6. The van der Waals surface area contributed by atoms with E-state index in [0.29, 0.717) is 26.8 Å². The van der Waals surface area contributed by atoms with Crippen molar-refractivity contribution in [2.75, 3.05) is 6.61 Å². The summed E-state index contributed by atoms with van der Waals surface area (Å²) in [4.78, 5) is 15.3. The fourth-order valence-electron chi connectivity index (χ4n) is 1.49. The first-order valence-corrected chi connectivity index (χ1v) is 6.93. The van der Waals surface area contributed by atoms with Gasteiger partial charge in [0.15, 0.2) is 12.4 Å². The van der Waals surface area contributed by atoms with Crippen LogP contribution in [0.3, 0.4) is 0 Å². The number of aromatic nitrogens is 1. The van der Waals surface area contributed by atoms with Crippen LogP contribution in [-0.2, 0) is 4.79 Å². The van der Waals surface area contributed by atoms with Crippen LogP contribution in [0.5, 0.6) is 5.75 Å². The first-order valence-electron chi connectivity index (χ1n) is 5.09. The van der Waals surface area contributed by atoms with Crippen LogP contribution in [0.2, 0.25) is 10.2 Å². The van der Waals surface area contributed by atoms with Crippen molar-refractivity contribution in [1.29, 1.82) is 0 Å². The molecule has 100 valence electrons. The van der Waals surface area contributed by atoms with Crippen molar-refractivity contribution < 1.29 is 9.53 Å². The summed E-state index contributed by atoms with van der Waals surface area (Å²) >= 11 is 14.1. The topological polar surface area (TPSA) is 77.2 Å². The van der Waals surface area contributed by atoms with Gasteiger partial charge < -0.3 is 4.74 Å². The Bertz CT molecular complexity index is 651. The van der Waals surface area contributed by atoms with Crippen molar-refractivity contribution in [3.8, 4) is 5.75 Å². The molecule has 19 heavy (non-hydrogen) atoms. The van der Waals surface area contributed by atoms with E-state index in [2.05, 4.69) is 4.98 Å². The summed E-state index contributed by atoms with van der Waals surface area (Å²) in [6, 6.07) is 5.12. The van der Waals surface area contributed by atoms with E-state index in [1.807, 2.05) is 28.0 Å². The summed E-state index contributed by atoms with van der Waals surface area (Å²) < 4.78 is 6.16. The number of hydrogen-bond acceptors (Lipinski definition) is 4. The smallest absolute Gasteiger partial charge is 0.271 e. The SMILES string of the molecule is NNC(=O)COc1c(I)cc(Cl)c2ccc(Cl)nc12. The molecule has 8 heteroatoms. The lowest BCUT2D eigenvalue weighted by molar-refractivity contribution is -0.123. The zero-order valence-corrected chi connectivity index (χ0v) is 13.1. The second-order valence-electron chi connectivity index (χ2n) is 3.56. The summed E-state index contributed by atoms with van der Waals surface area (Å²) in [5.74, 6) is 5.00. The molecule has 3 N–H and O–H groups in total. The maximum Gasteiger partial charge on any atom is 0.271 e. The number of benzene rings is 1. The zero-order valence-electron chi connectivity index (χ0n) is 9.41. The number of hydrogen-bond donors (Lipinski definition) is 2. The van der Waals surface area contributed by atoms with Crippen molar-refractivity contribution in [3.05, 3.63) is 31.9 Å². The van der Waals surface area contributed by atoms with E-state index in [0.717, 1.165) is 3.57 Å². The van der Waals surface area contributed by atoms with Gasteiger partial charge in [-0.25, -0.2) is 10.8 Å². The van der Waals surface area contributed by atoms with Gasteiger partial charge in [-0.3, -0.25) is 10.2 Å². The molecule has 1 aromatic carbocycles. The van der Waals surface area contributed by atoms with Gasteiger partial charge in [-0.05, 0) is 40.8 Å². The lowest BCUT2D eigenvalue weighted by atomic mass is 10.2. The van der Waals surface area contributed by atoms with E-state index in [4.69, 9.17) is 33.8 Å². The molecule has 0 spiro atoms. The molecule has 2 aromatic rings. The molecule has 0 saturated heterocycles. The van der Waals surface area contributed by atoms with Gasteiger partial charge >= 0.3 is 0 Å². The number of nitrogens with one attached hydrogen (secondary N) is 1. The number of carbonyl (C=O) groups is 1. The van der Waals surface area contributed by atoms with Crippen LogP contribution in [0.4, 0.5) is 0 Å². The highest BCUT2D eigenvalue weighted by Crippen LogP contribution is 2.35. The molecule has 0 aliphatic rings. The van der Waals surface area contributed by atoms with Crippen LogP contribution in [0.15, 0.2) is 18.2 Å². The van der Waals surface area contributed by atoms with E-state index in [9.17, 15) is 4.79 Å². The minimum atomic E-state index is -0.444. The van der Waals surface area contributed by atoms with E-state index < -0.39 is 5.91 Å². The normalized spacial score (nSPS) is 10.5. The zero-order chi connectivity index (χ0) is 14.0. The average Bonchev–Trinajstić information content (AvgIpc) is 2.37. The van der Waals surface area contributed by atoms with Crippen molar-refractivity contribution in [3.63, 3.8) is 0 Å². The Kier molecular flexibility index (Phi) is 4.67. The largest absolute Gasteiger partial charge is 0.480 e.